The van der Waals surface area contributed by atoms with Crippen molar-refractivity contribution in [2.45, 2.75) is 141 Å². The van der Waals surface area contributed by atoms with Gasteiger partial charge in [-0.05, 0) is 25.7 Å². The Morgan fingerprint density at radius 2 is 1.02 bits per heavy atom. The lowest BCUT2D eigenvalue weighted by molar-refractivity contribution is -0.142. The first-order valence-electron chi connectivity index (χ1n) is 19.4. The number of carboxylic acids is 2. The third-order valence-corrected chi connectivity index (χ3v) is 8.25. The quantitative estimate of drug-likeness (QED) is 0.0388. The highest BCUT2D eigenvalue weighted by Gasteiger charge is 2.20. The van der Waals surface area contributed by atoms with Crippen molar-refractivity contribution in [3.63, 3.8) is 0 Å². The maximum atomic E-state index is 12.3. The number of carbonyl (C=O) groups is 7. The number of hydrogen-bond acceptors (Lipinski definition) is 11. The Morgan fingerprint density at radius 3 is 1.57 bits per heavy atom. The van der Waals surface area contributed by atoms with E-state index in [2.05, 4.69) is 10.6 Å². The number of nitrogens with one attached hydrogen (secondary N) is 2. The first-order chi connectivity index (χ1) is 25.6. The first-order valence-corrected chi connectivity index (χ1v) is 19.4. The molecule has 0 aromatic rings. The highest BCUT2D eigenvalue weighted by molar-refractivity contribution is 5.90. The van der Waals surface area contributed by atoms with Crippen molar-refractivity contribution in [3.05, 3.63) is 0 Å². The topological polar surface area (TPSA) is 221 Å². The van der Waals surface area contributed by atoms with Crippen molar-refractivity contribution in [1.82, 2.24) is 10.6 Å². The fourth-order valence-electron chi connectivity index (χ4n) is 5.26. The Labute approximate surface area is 315 Å². The van der Waals surface area contributed by atoms with Gasteiger partial charge in [-0.15, -0.1) is 0 Å². The molecular formula is C38H66N2O13. The van der Waals surface area contributed by atoms with Crippen molar-refractivity contribution in [1.29, 1.82) is 0 Å². The number of amides is 2. The van der Waals surface area contributed by atoms with Crippen LogP contribution in [0.3, 0.4) is 0 Å². The Balaban J connectivity index is 3.66. The van der Waals surface area contributed by atoms with Crippen molar-refractivity contribution in [2.75, 3.05) is 59.4 Å². The number of hydrogen-bond donors (Lipinski definition) is 4. The summed E-state index contributed by atoms with van der Waals surface area (Å²) in [5.41, 5.74) is 0. The smallest absolute Gasteiger partial charge is 0.326 e. The molecule has 53 heavy (non-hydrogen) atoms. The summed E-state index contributed by atoms with van der Waals surface area (Å²) >= 11 is 0. The van der Waals surface area contributed by atoms with Crippen molar-refractivity contribution >= 4 is 41.6 Å². The molecule has 0 aliphatic heterocycles. The number of aliphatic carboxylic acids is 2. The molecule has 0 aliphatic rings. The molecule has 0 bridgehead atoms. The van der Waals surface area contributed by atoms with Gasteiger partial charge in [-0.1, -0.05) is 77.0 Å². The minimum absolute atomic E-state index is 0.0373. The zero-order valence-electron chi connectivity index (χ0n) is 31.8. The van der Waals surface area contributed by atoms with Crippen LogP contribution in [-0.2, 0) is 52.5 Å². The molecule has 0 saturated carbocycles. The molecule has 0 unspecified atom stereocenters. The second kappa shape index (κ2) is 37.1. The summed E-state index contributed by atoms with van der Waals surface area (Å²) in [6.07, 6.45) is 16.8. The van der Waals surface area contributed by atoms with E-state index in [0.29, 0.717) is 25.7 Å². The lowest BCUT2D eigenvalue weighted by Crippen LogP contribution is -2.41. The van der Waals surface area contributed by atoms with Crippen LogP contribution in [0, 0.1) is 0 Å². The fourth-order valence-corrected chi connectivity index (χ4v) is 5.26. The van der Waals surface area contributed by atoms with Gasteiger partial charge in [-0.2, -0.15) is 0 Å². The molecule has 0 aromatic carbocycles. The lowest BCUT2D eigenvalue weighted by Gasteiger charge is -2.14. The second-order valence-corrected chi connectivity index (χ2v) is 13.1. The van der Waals surface area contributed by atoms with Gasteiger partial charge in [-0.25, -0.2) is 4.79 Å². The van der Waals surface area contributed by atoms with Crippen LogP contribution in [-0.4, -0.2) is 117 Å². The maximum Gasteiger partial charge on any atom is 0.326 e. The minimum atomic E-state index is -1.16. The molecule has 15 nitrogen and oxygen atoms in total. The second-order valence-electron chi connectivity index (χ2n) is 13.1. The van der Waals surface area contributed by atoms with E-state index in [-0.39, 0.29) is 115 Å². The van der Waals surface area contributed by atoms with Gasteiger partial charge in [0.1, 0.15) is 31.3 Å². The molecule has 0 saturated heterocycles. The van der Waals surface area contributed by atoms with Crippen molar-refractivity contribution in [3.8, 4) is 0 Å². The van der Waals surface area contributed by atoms with E-state index in [9.17, 15) is 38.7 Å². The average Bonchev–Trinajstić information content (AvgIpc) is 3.11. The van der Waals surface area contributed by atoms with Crippen LogP contribution in [0.5, 0.6) is 0 Å². The molecule has 2 amide bonds. The fraction of sp³-hybridized carbons (Fsp3) is 0.816. The molecule has 306 valence electrons. The SMILES string of the molecule is O=CCC(=O)COCCOCCNC(=O)COCCOCCCC(=O)CC[C@H](NC(=O)CCCCCCCCCCCCCCCCC(=O)O)C(=O)O. The Morgan fingerprint density at radius 1 is 0.509 bits per heavy atom. The highest BCUT2D eigenvalue weighted by Crippen LogP contribution is 2.14. The van der Waals surface area contributed by atoms with Gasteiger partial charge >= 0.3 is 11.9 Å². The van der Waals surface area contributed by atoms with Gasteiger partial charge in [0, 0.05) is 38.8 Å². The molecule has 0 rings (SSSR count). The number of carbonyl (C=O) groups excluding carboxylic acids is 5. The number of ether oxygens (including phenoxy) is 4. The number of carboxylic acid groups (broad SMARTS) is 2. The number of Topliss-reactive ketones (excluding diaryl/α,β-unsaturated/α-hetero) is 2. The van der Waals surface area contributed by atoms with E-state index in [4.69, 9.17) is 24.1 Å². The Hall–Kier alpha value is -3.27. The van der Waals surface area contributed by atoms with E-state index in [1.807, 2.05) is 0 Å². The van der Waals surface area contributed by atoms with Gasteiger partial charge in [0.15, 0.2) is 5.78 Å². The molecule has 0 spiro atoms. The molecule has 15 heteroatoms. The summed E-state index contributed by atoms with van der Waals surface area (Å²) < 4.78 is 21.0. The normalized spacial score (nSPS) is 11.5. The maximum absolute atomic E-state index is 12.3. The number of aldehydes is 1. The average molecular weight is 759 g/mol. The predicted molar refractivity (Wildman–Crippen MR) is 197 cm³/mol. The first kappa shape index (κ1) is 49.7. The molecule has 0 radical (unpaired) electrons. The van der Waals surface area contributed by atoms with E-state index < -0.39 is 18.0 Å². The van der Waals surface area contributed by atoms with Crippen LogP contribution in [0.4, 0.5) is 0 Å². The highest BCUT2D eigenvalue weighted by atomic mass is 16.5. The molecule has 1 atom stereocenters. The summed E-state index contributed by atoms with van der Waals surface area (Å²) in [5.74, 6) is -2.89. The third-order valence-electron chi connectivity index (χ3n) is 8.25. The van der Waals surface area contributed by atoms with E-state index in [0.717, 1.165) is 38.5 Å². The summed E-state index contributed by atoms with van der Waals surface area (Å²) in [6, 6.07) is -1.10. The van der Waals surface area contributed by atoms with Gasteiger partial charge in [0.2, 0.25) is 11.8 Å². The Kier molecular flexibility index (Phi) is 34.8. The standard InChI is InChI=1S/C38H66N2O13/c41-23-21-33(43)30-52-28-27-51-25-22-39-36(45)31-53-29-26-50-24-15-16-32(42)19-20-34(38(48)49)40-35(44)17-13-11-9-7-5-3-1-2-4-6-8-10-12-14-18-37(46)47/h23,34H,1-22,24-31H2,(H,39,45)(H,40,44)(H,46,47)(H,48,49)/t34-/m0/s1. The van der Waals surface area contributed by atoms with E-state index >= 15 is 0 Å². The van der Waals surface area contributed by atoms with Crippen LogP contribution < -0.4 is 10.6 Å². The monoisotopic (exact) mass is 758 g/mol. The largest absolute Gasteiger partial charge is 0.481 e. The van der Waals surface area contributed by atoms with Crippen LogP contribution in [0.25, 0.3) is 0 Å². The molecule has 0 heterocycles. The molecule has 0 aliphatic carbocycles. The summed E-state index contributed by atoms with van der Waals surface area (Å²) in [4.78, 5) is 79.7. The van der Waals surface area contributed by atoms with Gasteiger partial charge in [0.05, 0.1) is 39.5 Å². The minimum Gasteiger partial charge on any atom is -0.481 e. The summed E-state index contributed by atoms with van der Waals surface area (Å²) in [6.45, 7) is 1.46. The summed E-state index contributed by atoms with van der Waals surface area (Å²) in [5, 5.41) is 23.3. The lowest BCUT2D eigenvalue weighted by atomic mass is 10.0. The van der Waals surface area contributed by atoms with Gasteiger partial charge in [-0.3, -0.25) is 24.0 Å². The van der Waals surface area contributed by atoms with E-state index in [1.165, 1.54) is 44.9 Å². The van der Waals surface area contributed by atoms with E-state index in [1.54, 1.807) is 0 Å². The van der Waals surface area contributed by atoms with Crippen LogP contribution in [0.15, 0.2) is 0 Å². The number of unbranched alkanes of at least 4 members (excludes halogenated alkanes) is 13. The molecular weight excluding hydrogens is 692 g/mol. The van der Waals surface area contributed by atoms with Crippen LogP contribution in [0.2, 0.25) is 0 Å². The van der Waals surface area contributed by atoms with Gasteiger partial charge in [0.25, 0.3) is 0 Å². The molecule has 0 aromatic heterocycles. The Bertz CT molecular complexity index is 1010. The van der Waals surface area contributed by atoms with Crippen LogP contribution in [0.1, 0.15) is 135 Å². The summed E-state index contributed by atoms with van der Waals surface area (Å²) in [7, 11) is 0. The zero-order valence-corrected chi connectivity index (χ0v) is 31.8. The number of ketones is 2. The molecule has 4 N–H and O–H groups in total. The molecule has 0 fully saturated rings. The van der Waals surface area contributed by atoms with Gasteiger partial charge < -0.3 is 44.6 Å². The third kappa shape index (κ3) is 36.9. The van der Waals surface area contributed by atoms with Crippen molar-refractivity contribution in [2.24, 2.45) is 0 Å². The zero-order chi connectivity index (χ0) is 39.2. The van der Waals surface area contributed by atoms with Crippen LogP contribution >= 0.6 is 0 Å². The predicted octanol–water partition coefficient (Wildman–Crippen LogP) is 4.35. The van der Waals surface area contributed by atoms with Crippen molar-refractivity contribution < 1.29 is 62.7 Å². The number of rotatable bonds is 41.